The van der Waals surface area contributed by atoms with Gasteiger partial charge < -0.3 is 12.8 Å². The third-order valence-corrected chi connectivity index (χ3v) is 6.81. The molecular weight excluding hydrogens is 528 g/mol. The Labute approximate surface area is 239 Å². The van der Waals surface area contributed by atoms with Crippen molar-refractivity contribution < 1.29 is 23.3 Å². The summed E-state index contributed by atoms with van der Waals surface area (Å²) in [4.78, 5) is 0. The molecule has 36 heavy (non-hydrogen) atoms. The number of rotatable bonds is 0. The minimum atomic E-state index is 1.01. The van der Waals surface area contributed by atoms with Gasteiger partial charge in [0.05, 0.1) is 0 Å². The van der Waals surface area contributed by atoms with Crippen LogP contribution in [0.25, 0.3) is 11.1 Å². The Morgan fingerprint density at radius 3 is 1.83 bits per heavy atom. The molecule has 2 heteroatoms. The fourth-order valence-corrected chi connectivity index (χ4v) is 4.86. The van der Waals surface area contributed by atoms with Crippen LogP contribution >= 0.6 is 0 Å². The van der Waals surface area contributed by atoms with Crippen LogP contribution in [0.1, 0.15) is 106 Å². The summed E-state index contributed by atoms with van der Waals surface area (Å²) in [7, 11) is 0. The van der Waals surface area contributed by atoms with E-state index in [2.05, 4.69) is 82.1 Å². The van der Waals surface area contributed by atoms with Crippen molar-refractivity contribution in [1.82, 2.24) is 0 Å². The topological polar surface area (TPSA) is 0 Å². The summed E-state index contributed by atoms with van der Waals surface area (Å²) in [5.41, 5.74) is 8.15. The van der Waals surface area contributed by atoms with Crippen LogP contribution in [0.4, 0.5) is 0 Å². The van der Waals surface area contributed by atoms with Crippen LogP contribution in [-0.4, -0.2) is 6.88 Å². The van der Waals surface area contributed by atoms with Crippen molar-refractivity contribution in [1.29, 1.82) is 0 Å². The van der Waals surface area contributed by atoms with Crippen molar-refractivity contribution in [3.63, 3.8) is 0 Å². The molecule has 2 saturated carbocycles. The average molecular weight is 572 g/mol. The quantitative estimate of drug-likeness (QED) is 0.143. The van der Waals surface area contributed by atoms with Crippen LogP contribution in [0, 0.1) is 38.8 Å². The fourth-order valence-electron chi connectivity index (χ4n) is 4.86. The first kappa shape index (κ1) is 31.2. The number of fused-ring (bicyclic) bond motifs is 3. The van der Waals surface area contributed by atoms with Crippen LogP contribution in [0.2, 0.25) is 0 Å². The van der Waals surface area contributed by atoms with Crippen LogP contribution < -0.4 is 0 Å². The fraction of sp³-hybridized carbons (Fsp3) is 0.471. The summed E-state index contributed by atoms with van der Waals surface area (Å²) >= 11 is 1.36. The number of allylic oxidation sites excluding steroid dienone is 4. The molecule has 2 radical (unpaired) electrons. The molecule has 4 aliphatic rings. The number of aryl methyl sites for hydroxylation is 2. The predicted molar refractivity (Wildman–Crippen MR) is 154 cm³/mol. The molecule has 0 amide bonds. The second-order valence-corrected chi connectivity index (χ2v) is 9.93. The second-order valence-electron chi connectivity index (χ2n) is 9.93. The van der Waals surface area contributed by atoms with Gasteiger partial charge in [-0.25, -0.2) is 12.2 Å². The van der Waals surface area contributed by atoms with Gasteiger partial charge in [0.15, 0.2) is 0 Å². The van der Waals surface area contributed by atoms with Crippen LogP contribution in [0.15, 0.2) is 48.6 Å². The minimum absolute atomic E-state index is 1.01. The molecule has 0 N–H and O–H groups in total. The molecule has 192 valence electrons. The summed E-state index contributed by atoms with van der Waals surface area (Å²) < 4.78 is 0. The molecule has 2 aromatic rings. The maximum atomic E-state index is 3.45. The molecule has 0 heterocycles. The summed E-state index contributed by atoms with van der Waals surface area (Å²) in [6, 6.07) is 14.5. The van der Waals surface area contributed by atoms with E-state index < -0.39 is 0 Å². The van der Waals surface area contributed by atoms with E-state index in [1.165, 1.54) is 134 Å². The van der Waals surface area contributed by atoms with Gasteiger partial charge in [0.2, 0.25) is 0 Å². The third kappa shape index (κ3) is 12.5. The van der Waals surface area contributed by atoms with Crippen molar-refractivity contribution in [3.05, 3.63) is 95.8 Å². The monoisotopic (exact) mass is 570 g/mol. The molecule has 4 aliphatic carbocycles. The molecule has 2 aromatic carbocycles. The van der Waals surface area contributed by atoms with E-state index in [0.29, 0.717) is 0 Å². The van der Waals surface area contributed by atoms with Gasteiger partial charge in [-0.3, -0.25) is 6.08 Å². The zero-order chi connectivity index (χ0) is 25.8. The van der Waals surface area contributed by atoms with E-state index in [9.17, 15) is 0 Å². The maximum absolute atomic E-state index is 3.45. The van der Waals surface area contributed by atoms with Crippen molar-refractivity contribution in [2.75, 3.05) is 0 Å². The van der Waals surface area contributed by atoms with Gasteiger partial charge in [-0.1, -0.05) is 87.6 Å². The van der Waals surface area contributed by atoms with E-state index in [1.807, 2.05) is 12.2 Å². The first-order valence-electron chi connectivity index (χ1n) is 14.0. The summed E-state index contributed by atoms with van der Waals surface area (Å²) in [5.74, 6) is 0. The van der Waals surface area contributed by atoms with E-state index >= 15 is 0 Å². The first-order valence-corrected chi connectivity index (χ1v) is 18.1. The zero-order valence-electron chi connectivity index (χ0n) is 22.7. The Hall–Kier alpha value is -0.980. The molecule has 0 atom stereocenters. The molecule has 0 aromatic heterocycles. The van der Waals surface area contributed by atoms with Gasteiger partial charge in [-0.15, -0.1) is 17.5 Å². The zero-order valence-corrected chi connectivity index (χ0v) is 26.1. The Morgan fingerprint density at radius 1 is 0.750 bits per heavy atom. The number of hydrogen-bond acceptors (Lipinski definition) is 0. The van der Waals surface area contributed by atoms with Crippen molar-refractivity contribution in [3.8, 4) is 11.1 Å². The van der Waals surface area contributed by atoms with Gasteiger partial charge in [-0.05, 0) is 18.9 Å². The van der Waals surface area contributed by atoms with Crippen LogP contribution in [0.5, 0.6) is 0 Å². The van der Waals surface area contributed by atoms with Crippen molar-refractivity contribution in [2.24, 2.45) is 0 Å². The van der Waals surface area contributed by atoms with Crippen molar-refractivity contribution in [2.45, 2.75) is 104 Å². The van der Waals surface area contributed by atoms with E-state index in [1.54, 1.807) is 0 Å². The first-order chi connectivity index (χ1) is 17.7. The van der Waals surface area contributed by atoms with Gasteiger partial charge in [0, 0.05) is 0 Å². The van der Waals surface area contributed by atoms with Crippen LogP contribution in [-0.2, 0) is 29.8 Å². The van der Waals surface area contributed by atoms with Gasteiger partial charge >= 0.3 is 30.2 Å². The molecule has 6 rings (SSSR count). The predicted octanol–water partition coefficient (Wildman–Crippen LogP) is 9.69. The molecule has 0 spiro atoms. The summed E-state index contributed by atoms with van der Waals surface area (Å²) in [6.45, 7) is 7.32. The van der Waals surface area contributed by atoms with Gasteiger partial charge in [0.25, 0.3) is 0 Å². The van der Waals surface area contributed by atoms with E-state index in [0.717, 1.165) is 12.8 Å². The van der Waals surface area contributed by atoms with Gasteiger partial charge in [-0.2, -0.15) is 55.5 Å². The molecule has 0 unspecified atom stereocenters. The Morgan fingerprint density at radius 2 is 1.33 bits per heavy atom. The van der Waals surface area contributed by atoms with Crippen LogP contribution in [0.3, 0.4) is 0 Å². The van der Waals surface area contributed by atoms with E-state index in [-0.39, 0.29) is 0 Å². The molecule has 0 nitrogen and oxygen atoms in total. The van der Waals surface area contributed by atoms with Gasteiger partial charge in [0.1, 0.15) is 0 Å². The molecule has 0 saturated heterocycles. The Bertz CT molecular complexity index is 814. The summed E-state index contributed by atoms with van der Waals surface area (Å²) in [5, 5.41) is 0. The average Bonchev–Trinajstić information content (AvgIpc) is 3.36. The third-order valence-electron chi connectivity index (χ3n) is 6.81. The summed E-state index contributed by atoms with van der Waals surface area (Å²) in [6.07, 6.45) is 33.0. The van der Waals surface area contributed by atoms with Crippen molar-refractivity contribution >= 4 is 6.88 Å². The Kier molecular flexibility index (Phi) is 17.4. The molecular formula is C34H44SiZr-4. The number of hydrogen-bond donors (Lipinski definition) is 0. The second kappa shape index (κ2) is 20.0. The molecule has 0 bridgehead atoms. The molecule has 0 aliphatic heterocycles. The number of benzene rings is 2. The standard InChI is InChI=1S/C15H13.2C7H13.C5H5.Si.Zr/c1-10-3-5-14-12(7-10)9-13-8-11(2)4-6-15(13)14;2*1-2-4-6-7-5-3-1;1-2-4-5-3-1;;/h3-7H,9H2,1-2H3;2*1H,2-7H2;1-3H,4H2;;/q4*-1;;. The normalized spacial score (nSPS) is 17.0. The SMILES string of the molecule is Cc1[c-]c2c(cc1)-c1ccc(C)cc1C2.[C-]1=CC=CC1.[CH-]1CCCCCC1.[CH-]1CCCCCC1.[Si]=[Zr]. The molecule has 2 fully saturated rings. The Balaban J connectivity index is 0.000000183. The van der Waals surface area contributed by atoms with E-state index in [4.69, 9.17) is 0 Å².